The highest BCUT2D eigenvalue weighted by molar-refractivity contribution is 8.00. The number of aryl methyl sites for hydroxylation is 1. The third-order valence-electron chi connectivity index (χ3n) is 4.46. The average Bonchev–Trinajstić information content (AvgIpc) is 3.33. The summed E-state index contributed by atoms with van der Waals surface area (Å²) in [6.07, 6.45) is -4.44. The van der Waals surface area contributed by atoms with Gasteiger partial charge < -0.3 is 9.73 Å². The van der Waals surface area contributed by atoms with E-state index in [1.54, 1.807) is 12.1 Å². The van der Waals surface area contributed by atoms with Crippen molar-refractivity contribution in [1.82, 2.24) is 15.5 Å². The fourth-order valence-electron chi connectivity index (χ4n) is 3.02. The molecule has 0 fully saturated rings. The Kier molecular flexibility index (Phi) is 6.01. The van der Waals surface area contributed by atoms with E-state index in [9.17, 15) is 18.0 Å². The molecule has 10 heteroatoms. The second-order valence-corrected chi connectivity index (χ2v) is 9.07. The molecule has 1 N–H and O–H groups in total. The maximum absolute atomic E-state index is 12.9. The van der Waals surface area contributed by atoms with Crippen molar-refractivity contribution in [2.45, 2.75) is 29.7 Å². The number of benzene rings is 2. The molecule has 0 aliphatic rings. The van der Waals surface area contributed by atoms with Gasteiger partial charge >= 0.3 is 6.18 Å². The van der Waals surface area contributed by atoms with Crippen molar-refractivity contribution in [3.05, 3.63) is 76.0 Å². The molecule has 0 aliphatic carbocycles. The van der Waals surface area contributed by atoms with Crippen molar-refractivity contribution in [2.24, 2.45) is 0 Å². The Morgan fingerprint density at radius 2 is 1.97 bits per heavy atom. The number of amides is 1. The number of hydrogen-bond acceptors (Lipinski definition) is 6. The van der Waals surface area contributed by atoms with Crippen molar-refractivity contribution >= 4 is 40.0 Å². The van der Waals surface area contributed by atoms with Gasteiger partial charge in [0.05, 0.1) is 5.56 Å². The minimum Gasteiger partial charge on any atom is -0.451 e. The van der Waals surface area contributed by atoms with Crippen molar-refractivity contribution in [3.8, 4) is 0 Å². The average molecular weight is 464 g/mol. The summed E-state index contributed by atoms with van der Waals surface area (Å²) in [6, 6.07) is 12.2. The summed E-state index contributed by atoms with van der Waals surface area (Å²) < 4.78 is 45.3. The second-order valence-electron chi connectivity index (χ2n) is 6.66. The Labute approximate surface area is 183 Å². The van der Waals surface area contributed by atoms with E-state index < -0.39 is 17.6 Å². The highest BCUT2D eigenvalue weighted by Gasteiger charge is 2.30. The number of alkyl halides is 3. The van der Waals surface area contributed by atoms with Crippen LogP contribution in [0, 0.1) is 6.92 Å². The van der Waals surface area contributed by atoms with Gasteiger partial charge in [0.15, 0.2) is 10.1 Å². The lowest BCUT2D eigenvalue weighted by molar-refractivity contribution is -0.137. The van der Waals surface area contributed by atoms with Gasteiger partial charge in [0.25, 0.3) is 5.91 Å². The molecule has 160 valence electrons. The summed E-state index contributed by atoms with van der Waals surface area (Å²) in [6.45, 7) is 1.81. The molecular weight excluding hydrogens is 447 g/mol. The summed E-state index contributed by atoms with van der Waals surface area (Å²) in [7, 11) is 0. The highest BCUT2D eigenvalue weighted by Crippen LogP contribution is 2.33. The number of para-hydroxylation sites is 1. The zero-order chi connectivity index (χ0) is 22.0. The SMILES string of the molecule is Cc1nnc(SCc2c(C(=O)NCc3cccc(C(F)(F)F)c3)oc3ccccc23)s1. The van der Waals surface area contributed by atoms with Gasteiger partial charge in [-0.3, -0.25) is 4.79 Å². The first-order valence-corrected chi connectivity index (χ1v) is 11.0. The fraction of sp³-hybridized carbons (Fsp3) is 0.190. The smallest absolute Gasteiger partial charge is 0.416 e. The molecule has 0 spiro atoms. The molecule has 4 rings (SSSR count). The van der Waals surface area contributed by atoms with Crippen molar-refractivity contribution in [2.75, 3.05) is 0 Å². The monoisotopic (exact) mass is 463 g/mol. The van der Waals surface area contributed by atoms with Gasteiger partial charge in [-0.25, -0.2) is 0 Å². The number of halogens is 3. The summed E-state index contributed by atoms with van der Waals surface area (Å²) in [5.74, 6) is 0.0948. The van der Waals surface area contributed by atoms with E-state index in [2.05, 4.69) is 15.5 Å². The number of thioether (sulfide) groups is 1. The van der Waals surface area contributed by atoms with Crippen LogP contribution >= 0.6 is 23.1 Å². The molecule has 2 aromatic heterocycles. The van der Waals surface area contributed by atoms with Crippen LogP contribution in [0.5, 0.6) is 0 Å². The first kappa shape index (κ1) is 21.4. The zero-order valence-corrected chi connectivity index (χ0v) is 17.8. The third kappa shape index (κ3) is 4.91. The summed E-state index contributed by atoms with van der Waals surface area (Å²) in [4.78, 5) is 12.8. The molecule has 0 radical (unpaired) electrons. The molecule has 5 nitrogen and oxygen atoms in total. The minimum atomic E-state index is -4.44. The lowest BCUT2D eigenvalue weighted by Crippen LogP contribution is -2.23. The van der Waals surface area contributed by atoms with E-state index in [1.165, 1.54) is 35.2 Å². The largest absolute Gasteiger partial charge is 0.451 e. The van der Waals surface area contributed by atoms with Gasteiger partial charge in [-0.05, 0) is 30.7 Å². The highest BCUT2D eigenvalue weighted by atomic mass is 32.2. The number of furan rings is 1. The fourth-order valence-corrected chi connectivity index (χ4v) is 4.86. The quantitative estimate of drug-likeness (QED) is 0.364. The molecule has 2 heterocycles. The van der Waals surface area contributed by atoms with Gasteiger partial charge in [0.2, 0.25) is 0 Å². The van der Waals surface area contributed by atoms with Crippen LogP contribution in [0.2, 0.25) is 0 Å². The summed E-state index contributed by atoms with van der Waals surface area (Å²) in [5, 5.41) is 12.4. The number of hydrogen-bond donors (Lipinski definition) is 1. The molecule has 0 aliphatic heterocycles. The van der Waals surface area contributed by atoms with Crippen LogP contribution in [0.25, 0.3) is 11.0 Å². The van der Waals surface area contributed by atoms with Crippen LogP contribution in [0.1, 0.15) is 32.3 Å². The van der Waals surface area contributed by atoms with Crippen LogP contribution in [0.4, 0.5) is 13.2 Å². The van der Waals surface area contributed by atoms with E-state index in [4.69, 9.17) is 4.42 Å². The first-order chi connectivity index (χ1) is 14.8. The number of fused-ring (bicyclic) bond motifs is 1. The lowest BCUT2D eigenvalue weighted by Gasteiger charge is -2.09. The van der Waals surface area contributed by atoms with Gasteiger partial charge in [-0.15, -0.1) is 10.2 Å². The van der Waals surface area contributed by atoms with E-state index >= 15 is 0 Å². The number of nitrogens with zero attached hydrogens (tertiary/aromatic N) is 2. The van der Waals surface area contributed by atoms with Crippen LogP contribution in [0.3, 0.4) is 0 Å². The standard InChI is InChI=1S/C21H16F3N3O2S2/c1-12-26-27-20(31-12)30-11-16-15-7-2-3-8-17(15)29-18(16)19(28)25-10-13-5-4-6-14(9-13)21(22,23)24/h2-9H,10-11H2,1H3,(H,25,28). The van der Waals surface area contributed by atoms with E-state index in [-0.39, 0.29) is 12.3 Å². The number of aromatic nitrogens is 2. The van der Waals surface area contributed by atoms with Crippen LogP contribution in [-0.2, 0) is 18.5 Å². The van der Waals surface area contributed by atoms with E-state index in [1.807, 2.05) is 19.1 Å². The summed E-state index contributed by atoms with van der Waals surface area (Å²) in [5.41, 5.74) is 0.859. The molecule has 0 atom stereocenters. The third-order valence-corrected chi connectivity index (χ3v) is 6.46. The zero-order valence-electron chi connectivity index (χ0n) is 16.2. The maximum atomic E-state index is 12.9. The van der Waals surface area contributed by atoms with Gasteiger partial charge in [-0.2, -0.15) is 13.2 Å². The Balaban J connectivity index is 1.55. The summed E-state index contributed by atoms with van der Waals surface area (Å²) >= 11 is 2.90. The Morgan fingerprint density at radius 3 is 2.71 bits per heavy atom. The minimum absolute atomic E-state index is 0.0536. The molecule has 0 saturated carbocycles. The molecule has 0 bridgehead atoms. The Morgan fingerprint density at radius 1 is 1.16 bits per heavy atom. The van der Waals surface area contributed by atoms with Gasteiger partial charge in [-0.1, -0.05) is 53.4 Å². The number of carbonyl (C=O) groups is 1. The van der Waals surface area contributed by atoms with Crippen molar-refractivity contribution in [1.29, 1.82) is 0 Å². The van der Waals surface area contributed by atoms with E-state index in [0.717, 1.165) is 26.9 Å². The topological polar surface area (TPSA) is 68.0 Å². The Hall–Kier alpha value is -2.85. The molecule has 0 unspecified atom stereocenters. The van der Waals surface area contributed by atoms with Crippen molar-refractivity contribution in [3.63, 3.8) is 0 Å². The normalized spacial score (nSPS) is 11.7. The molecule has 2 aromatic carbocycles. The number of nitrogens with one attached hydrogen (secondary N) is 1. The maximum Gasteiger partial charge on any atom is 0.416 e. The second kappa shape index (κ2) is 8.72. The molecule has 0 saturated heterocycles. The molecule has 31 heavy (non-hydrogen) atoms. The van der Waals surface area contributed by atoms with Crippen LogP contribution in [-0.4, -0.2) is 16.1 Å². The lowest BCUT2D eigenvalue weighted by atomic mass is 10.1. The predicted octanol–water partition coefficient (Wildman–Crippen LogP) is 5.83. The van der Waals surface area contributed by atoms with E-state index in [0.29, 0.717) is 22.5 Å². The van der Waals surface area contributed by atoms with Crippen LogP contribution < -0.4 is 5.32 Å². The molecule has 1 amide bonds. The predicted molar refractivity (Wildman–Crippen MR) is 113 cm³/mol. The van der Waals surface area contributed by atoms with Crippen molar-refractivity contribution < 1.29 is 22.4 Å². The first-order valence-electron chi connectivity index (χ1n) is 9.19. The van der Waals surface area contributed by atoms with Gasteiger partial charge in [0.1, 0.15) is 10.6 Å². The number of carbonyl (C=O) groups excluding carboxylic acids is 1. The molecule has 4 aromatic rings. The van der Waals surface area contributed by atoms with Crippen LogP contribution in [0.15, 0.2) is 57.3 Å². The molecular formula is C21H16F3N3O2S2. The Bertz CT molecular complexity index is 1230. The van der Waals surface area contributed by atoms with Gasteiger partial charge in [0, 0.05) is 23.2 Å². The number of rotatable bonds is 6.